The minimum absolute atomic E-state index is 0.00606. The van der Waals surface area contributed by atoms with Crippen molar-refractivity contribution in [1.29, 1.82) is 5.26 Å². The first-order chi connectivity index (χ1) is 12.6. The fourth-order valence-electron chi connectivity index (χ4n) is 3.02. The van der Waals surface area contributed by atoms with E-state index in [-0.39, 0.29) is 29.7 Å². The summed E-state index contributed by atoms with van der Waals surface area (Å²) in [5.74, 6) is -0.484. The molecule has 8 heteroatoms. The Hall–Kier alpha value is -1.95. The van der Waals surface area contributed by atoms with Crippen LogP contribution in [0.5, 0.6) is 0 Å². The van der Waals surface area contributed by atoms with Gasteiger partial charge in [0.2, 0.25) is 10.0 Å². The van der Waals surface area contributed by atoms with Gasteiger partial charge in [0, 0.05) is 12.6 Å². The second-order valence-corrected chi connectivity index (χ2v) is 9.33. The second kappa shape index (κ2) is 8.83. The Morgan fingerprint density at radius 2 is 2.00 bits per heavy atom. The van der Waals surface area contributed by atoms with E-state index in [2.05, 4.69) is 0 Å². The summed E-state index contributed by atoms with van der Waals surface area (Å²) >= 11 is 0. The van der Waals surface area contributed by atoms with Crippen LogP contribution in [0.15, 0.2) is 29.2 Å². The van der Waals surface area contributed by atoms with Crippen LogP contribution < -0.4 is 0 Å². The number of nitriles is 1. The highest BCUT2D eigenvalue weighted by Crippen LogP contribution is 2.27. The van der Waals surface area contributed by atoms with Crippen LogP contribution in [-0.2, 0) is 24.3 Å². The quantitative estimate of drug-likeness (QED) is 0.688. The van der Waals surface area contributed by atoms with Gasteiger partial charge in [-0.05, 0) is 45.7 Å². The van der Waals surface area contributed by atoms with Gasteiger partial charge in [0.1, 0.15) is 18.3 Å². The zero-order valence-corrected chi connectivity index (χ0v) is 16.8. The van der Waals surface area contributed by atoms with Gasteiger partial charge in [-0.25, -0.2) is 13.2 Å². The Balaban J connectivity index is 2.08. The smallest absolute Gasteiger partial charge is 0.332 e. The molecule has 1 fully saturated rings. The molecular weight excluding hydrogens is 368 g/mol. The molecule has 1 aliphatic heterocycles. The lowest BCUT2D eigenvalue weighted by Gasteiger charge is -2.34. The first-order valence-electron chi connectivity index (χ1n) is 8.96. The van der Waals surface area contributed by atoms with Gasteiger partial charge in [-0.2, -0.15) is 9.57 Å². The van der Waals surface area contributed by atoms with Crippen LogP contribution in [0.25, 0.3) is 0 Å². The fourth-order valence-corrected chi connectivity index (χ4v) is 4.84. The van der Waals surface area contributed by atoms with E-state index in [1.165, 1.54) is 16.4 Å². The van der Waals surface area contributed by atoms with Crippen molar-refractivity contribution in [2.75, 3.05) is 19.8 Å². The molecule has 0 spiro atoms. The normalized spacial score (nSPS) is 18.7. The van der Waals surface area contributed by atoms with E-state index in [1.807, 2.05) is 6.07 Å². The molecule has 1 saturated heterocycles. The first-order valence-corrected chi connectivity index (χ1v) is 10.4. The van der Waals surface area contributed by atoms with Crippen LogP contribution >= 0.6 is 0 Å². The number of ether oxygens (including phenoxy) is 2. The number of carbonyl (C=O) groups is 1. The van der Waals surface area contributed by atoms with E-state index in [1.54, 1.807) is 32.9 Å². The number of sulfonamides is 1. The number of hydrogen-bond donors (Lipinski definition) is 0. The maximum atomic E-state index is 13.1. The largest absolute Gasteiger partial charge is 0.458 e. The SMILES string of the molecule is CC(C)(C)OC(=O)COC[C@@H]1CCCCN1S(=O)(=O)c1ccccc1C#N. The molecule has 1 aromatic rings. The Morgan fingerprint density at radius 3 is 2.67 bits per heavy atom. The zero-order valence-electron chi connectivity index (χ0n) is 16.0. The number of piperidine rings is 1. The summed E-state index contributed by atoms with van der Waals surface area (Å²) in [6, 6.07) is 7.73. The molecule has 0 radical (unpaired) electrons. The molecule has 1 heterocycles. The number of benzene rings is 1. The minimum atomic E-state index is -3.82. The molecule has 1 aliphatic rings. The summed E-state index contributed by atoms with van der Waals surface area (Å²) in [7, 11) is -3.82. The molecular formula is C19H26N2O5S. The van der Waals surface area contributed by atoms with Crippen molar-refractivity contribution in [2.45, 2.75) is 56.6 Å². The second-order valence-electron chi connectivity index (χ2n) is 7.47. The van der Waals surface area contributed by atoms with Crippen molar-refractivity contribution < 1.29 is 22.7 Å². The van der Waals surface area contributed by atoms with Gasteiger partial charge in [-0.15, -0.1) is 0 Å². The summed E-state index contributed by atoms with van der Waals surface area (Å²) in [5, 5.41) is 9.23. The third kappa shape index (κ3) is 5.76. The predicted octanol–water partition coefficient (Wildman–Crippen LogP) is 2.46. The molecule has 0 amide bonds. The average molecular weight is 394 g/mol. The highest BCUT2D eigenvalue weighted by atomic mass is 32.2. The molecule has 0 N–H and O–H groups in total. The van der Waals surface area contributed by atoms with Gasteiger partial charge in [0.05, 0.1) is 17.1 Å². The van der Waals surface area contributed by atoms with Crippen molar-refractivity contribution in [3.63, 3.8) is 0 Å². The summed E-state index contributed by atoms with van der Waals surface area (Å²) < 4.78 is 38.2. The van der Waals surface area contributed by atoms with Gasteiger partial charge < -0.3 is 9.47 Å². The highest BCUT2D eigenvalue weighted by molar-refractivity contribution is 7.89. The van der Waals surface area contributed by atoms with Crippen LogP contribution in [0.1, 0.15) is 45.6 Å². The van der Waals surface area contributed by atoms with Crippen molar-refractivity contribution in [1.82, 2.24) is 4.31 Å². The molecule has 0 aromatic heterocycles. The molecule has 27 heavy (non-hydrogen) atoms. The molecule has 0 saturated carbocycles. The van der Waals surface area contributed by atoms with Crippen molar-refractivity contribution in [2.24, 2.45) is 0 Å². The maximum absolute atomic E-state index is 13.1. The third-order valence-electron chi connectivity index (χ3n) is 4.12. The fraction of sp³-hybridized carbons (Fsp3) is 0.579. The Bertz CT molecular complexity index is 808. The molecule has 1 aromatic carbocycles. The first kappa shape index (κ1) is 21.4. The van der Waals surface area contributed by atoms with E-state index < -0.39 is 21.6 Å². The van der Waals surface area contributed by atoms with Crippen LogP contribution in [0, 0.1) is 11.3 Å². The summed E-state index contributed by atoms with van der Waals surface area (Å²) in [4.78, 5) is 11.8. The number of carbonyl (C=O) groups excluding carboxylic acids is 1. The Kier molecular flexibility index (Phi) is 6.98. The Morgan fingerprint density at radius 1 is 1.30 bits per heavy atom. The van der Waals surface area contributed by atoms with Gasteiger partial charge >= 0.3 is 5.97 Å². The molecule has 0 bridgehead atoms. The average Bonchev–Trinajstić information content (AvgIpc) is 2.60. The van der Waals surface area contributed by atoms with Gasteiger partial charge in [-0.1, -0.05) is 18.6 Å². The molecule has 148 valence electrons. The third-order valence-corrected chi connectivity index (χ3v) is 6.13. The lowest BCUT2D eigenvalue weighted by atomic mass is 10.1. The van der Waals surface area contributed by atoms with Crippen molar-refractivity contribution in [3.05, 3.63) is 29.8 Å². The number of esters is 1. The van der Waals surface area contributed by atoms with Crippen LogP contribution in [-0.4, -0.2) is 50.1 Å². The van der Waals surface area contributed by atoms with Gasteiger partial charge in [-0.3, -0.25) is 0 Å². The zero-order chi connectivity index (χ0) is 20.1. The number of nitrogens with zero attached hydrogens (tertiary/aromatic N) is 2. The molecule has 0 unspecified atom stereocenters. The van der Waals surface area contributed by atoms with Gasteiger partial charge in [0.25, 0.3) is 0 Å². The number of rotatable bonds is 6. The van der Waals surface area contributed by atoms with Crippen LogP contribution in [0.4, 0.5) is 0 Å². The lowest BCUT2D eigenvalue weighted by molar-refractivity contribution is -0.160. The van der Waals surface area contributed by atoms with E-state index in [0.717, 1.165) is 12.8 Å². The number of hydrogen-bond acceptors (Lipinski definition) is 6. The standard InChI is InChI=1S/C19H26N2O5S/c1-19(2,3)26-18(22)14-25-13-16-9-6-7-11-21(16)27(23,24)17-10-5-4-8-15(17)12-20/h4-5,8,10,16H,6-7,9,11,13-14H2,1-3H3/t16-/m0/s1. The van der Waals surface area contributed by atoms with E-state index >= 15 is 0 Å². The molecule has 2 rings (SSSR count). The summed E-state index contributed by atoms with van der Waals surface area (Å²) in [6.45, 7) is 5.55. The minimum Gasteiger partial charge on any atom is -0.458 e. The Labute approximate surface area is 160 Å². The highest BCUT2D eigenvalue weighted by Gasteiger charge is 2.35. The lowest BCUT2D eigenvalue weighted by Crippen LogP contribution is -2.46. The van der Waals surface area contributed by atoms with Crippen molar-refractivity contribution in [3.8, 4) is 6.07 Å². The monoisotopic (exact) mass is 394 g/mol. The van der Waals surface area contributed by atoms with E-state index in [0.29, 0.717) is 13.0 Å². The van der Waals surface area contributed by atoms with E-state index in [9.17, 15) is 18.5 Å². The van der Waals surface area contributed by atoms with Gasteiger partial charge in [0.15, 0.2) is 0 Å². The topological polar surface area (TPSA) is 96.7 Å². The summed E-state index contributed by atoms with van der Waals surface area (Å²) in [5.41, 5.74) is -0.474. The summed E-state index contributed by atoms with van der Waals surface area (Å²) in [6.07, 6.45) is 2.27. The molecule has 0 aliphatic carbocycles. The van der Waals surface area contributed by atoms with Crippen molar-refractivity contribution >= 4 is 16.0 Å². The molecule has 7 nitrogen and oxygen atoms in total. The van der Waals surface area contributed by atoms with Crippen LogP contribution in [0.3, 0.4) is 0 Å². The maximum Gasteiger partial charge on any atom is 0.332 e. The predicted molar refractivity (Wildman–Crippen MR) is 99.4 cm³/mol. The van der Waals surface area contributed by atoms with E-state index in [4.69, 9.17) is 9.47 Å². The van der Waals surface area contributed by atoms with Crippen LogP contribution in [0.2, 0.25) is 0 Å². The molecule has 1 atom stereocenters.